The summed E-state index contributed by atoms with van der Waals surface area (Å²) in [5.41, 5.74) is 6.85. The van der Waals surface area contributed by atoms with Gasteiger partial charge in [-0.1, -0.05) is 11.6 Å². The Morgan fingerprint density at radius 2 is 1.26 bits per heavy atom. The molecular weight excluding hydrogens is 574 g/mol. The number of rotatable bonds is 24. The van der Waals surface area contributed by atoms with Crippen molar-refractivity contribution in [1.82, 2.24) is 20.0 Å². The van der Waals surface area contributed by atoms with E-state index in [0.717, 1.165) is 5.56 Å². The SMILES string of the molecule is CC(C)(C)OC(=O)COCCOCCOCCOCCOCCOCCOCCn1cc(-c2cc(Cl)nnc2N)cn1. The Kier molecular flexibility index (Phi) is 18.1. The Morgan fingerprint density at radius 1 is 0.786 bits per heavy atom. The predicted octanol–water partition coefficient (Wildman–Crippen LogP) is 2.03. The zero-order valence-corrected chi connectivity index (χ0v) is 25.5. The van der Waals surface area contributed by atoms with Gasteiger partial charge in [-0.3, -0.25) is 4.68 Å². The molecule has 0 fully saturated rings. The molecule has 0 aliphatic carbocycles. The van der Waals surface area contributed by atoms with Crippen molar-refractivity contribution in [1.29, 1.82) is 0 Å². The average Bonchev–Trinajstić information content (AvgIpc) is 3.40. The maximum Gasteiger partial charge on any atom is 0.332 e. The lowest BCUT2D eigenvalue weighted by Gasteiger charge is -2.19. The predicted molar refractivity (Wildman–Crippen MR) is 154 cm³/mol. The van der Waals surface area contributed by atoms with Crippen LogP contribution in [0.25, 0.3) is 11.1 Å². The first-order valence-corrected chi connectivity index (χ1v) is 14.2. The number of nitrogens with zero attached hydrogens (tertiary/aromatic N) is 4. The summed E-state index contributed by atoms with van der Waals surface area (Å²) in [5, 5.41) is 12.1. The van der Waals surface area contributed by atoms with Gasteiger partial charge < -0.3 is 43.6 Å². The lowest BCUT2D eigenvalue weighted by molar-refractivity contribution is -0.160. The van der Waals surface area contributed by atoms with Gasteiger partial charge in [0.1, 0.15) is 12.2 Å². The fraction of sp³-hybridized carbons (Fsp3) is 0.704. The van der Waals surface area contributed by atoms with Crippen molar-refractivity contribution < 1.29 is 42.7 Å². The number of hydrogen-bond acceptors (Lipinski definition) is 13. The number of halogens is 1. The first-order chi connectivity index (χ1) is 20.2. The maximum atomic E-state index is 11.5. The summed E-state index contributed by atoms with van der Waals surface area (Å²) < 4.78 is 44.9. The van der Waals surface area contributed by atoms with Crippen molar-refractivity contribution in [2.45, 2.75) is 32.9 Å². The minimum absolute atomic E-state index is 0.0861. The van der Waals surface area contributed by atoms with E-state index < -0.39 is 5.60 Å². The molecule has 2 heterocycles. The van der Waals surface area contributed by atoms with Crippen molar-refractivity contribution >= 4 is 23.4 Å². The molecule has 42 heavy (non-hydrogen) atoms. The Morgan fingerprint density at radius 3 is 1.76 bits per heavy atom. The molecular formula is C27H44ClN5O9. The molecule has 15 heteroatoms. The van der Waals surface area contributed by atoms with Crippen LogP contribution in [0.4, 0.5) is 5.82 Å². The number of hydrogen-bond donors (Lipinski definition) is 1. The van der Waals surface area contributed by atoms with Gasteiger partial charge in [0.25, 0.3) is 0 Å². The van der Waals surface area contributed by atoms with Crippen LogP contribution in [0.1, 0.15) is 20.8 Å². The molecule has 2 N–H and O–H groups in total. The minimum Gasteiger partial charge on any atom is -0.458 e. The van der Waals surface area contributed by atoms with Gasteiger partial charge in [-0.15, -0.1) is 10.2 Å². The normalized spacial score (nSPS) is 11.7. The smallest absolute Gasteiger partial charge is 0.332 e. The highest BCUT2D eigenvalue weighted by molar-refractivity contribution is 6.29. The second-order valence-electron chi connectivity index (χ2n) is 9.77. The molecule has 0 amide bonds. The van der Waals surface area contributed by atoms with Crippen LogP contribution in [0.5, 0.6) is 0 Å². The zero-order valence-electron chi connectivity index (χ0n) is 24.8. The molecule has 0 saturated heterocycles. The van der Waals surface area contributed by atoms with Crippen molar-refractivity contribution in [3.8, 4) is 11.1 Å². The van der Waals surface area contributed by atoms with Crippen LogP contribution < -0.4 is 5.73 Å². The summed E-state index contributed by atoms with van der Waals surface area (Å²) in [6.07, 6.45) is 3.55. The molecule has 0 unspecified atom stereocenters. The largest absolute Gasteiger partial charge is 0.458 e. The highest BCUT2D eigenvalue weighted by atomic mass is 35.5. The van der Waals surface area contributed by atoms with Gasteiger partial charge in [0.05, 0.1) is 98.6 Å². The Balaban J connectivity index is 1.28. The van der Waals surface area contributed by atoms with Crippen LogP contribution in [-0.2, 0) is 49.2 Å². The Labute approximate surface area is 252 Å². The first kappa shape index (κ1) is 35.8. The number of carbonyl (C=O) groups is 1. The van der Waals surface area contributed by atoms with E-state index in [-0.39, 0.29) is 17.7 Å². The lowest BCUT2D eigenvalue weighted by atomic mass is 10.1. The third-order valence-electron chi connectivity index (χ3n) is 5.07. The zero-order chi connectivity index (χ0) is 30.5. The monoisotopic (exact) mass is 617 g/mol. The summed E-state index contributed by atoms with van der Waals surface area (Å²) in [5.74, 6) is -0.0924. The second-order valence-corrected chi connectivity index (χ2v) is 10.2. The van der Waals surface area contributed by atoms with E-state index in [9.17, 15) is 4.79 Å². The van der Waals surface area contributed by atoms with E-state index in [1.807, 2.05) is 27.0 Å². The fourth-order valence-corrected chi connectivity index (χ4v) is 3.38. The molecule has 14 nitrogen and oxygen atoms in total. The van der Waals surface area contributed by atoms with E-state index in [0.29, 0.717) is 104 Å². The number of nitrogens with two attached hydrogens (primary N) is 1. The molecule has 0 bridgehead atoms. The number of ether oxygens (including phenoxy) is 8. The molecule has 0 spiro atoms. The lowest BCUT2D eigenvalue weighted by Crippen LogP contribution is -2.27. The van der Waals surface area contributed by atoms with E-state index in [2.05, 4.69) is 15.3 Å². The molecule has 2 aromatic heterocycles. The van der Waals surface area contributed by atoms with E-state index in [1.165, 1.54) is 0 Å². The van der Waals surface area contributed by atoms with Crippen LogP contribution in [0.15, 0.2) is 18.5 Å². The van der Waals surface area contributed by atoms with Gasteiger partial charge in [0.2, 0.25) is 0 Å². The van der Waals surface area contributed by atoms with E-state index in [1.54, 1.807) is 16.9 Å². The van der Waals surface area contributed by atoms with Gasteiger partial charge in [-0.2, -0.15) is 5.10 Å². The van der Waals surface area contributed by atoms with Crippen molar-refractivity contribution in [2.75, 3.05) is 98.2 Å². The molecule has 0 aliphatic rings. The van der Waals surface area contributed by atoms with Gasteiger partial charge >= 0.3 is 5.97 Å². The second kappa shape index (κ2) is 21.3. The molecule has 0 aliphatic heterocycles. The first-order valence-electron chi connectivity index (χ1n) is 13.8. The van der Waals surface area contributed by atoms with Crippen molar-refractivity contribution in [2.24, 2.45) is 0 Å². The van der Waals surface area contributed by atoms with Crippen LogP contribution in [0.3, 0.4) is 0 Å². The summed E-state index contributed by atoms with van der Waals surface area (Å²) in [4.78, 5) is 11.5. The summed E-state index contributed by atoms with van der Waals surface area (Å²) in [6.45, 7) is 11.8. The quantitative estimate of drug-likeness (QED) is 0.135. The highest BCUT2D eigenvalue weighted by Gasteiger charge is 2.16. The molecule has 2 rings (SSSR count). The number of carbonyl (C=O) groups excluding carboxylic acids is 1. The maximum absolute atomic E-state index is 11.5. The van der Waals surface area contributed by atoms with Crippen LogP contribution in [0, 0.1) is 0 Å². The standard InChI is InChI=1S/C27H44ClN5O9/c1-27(2,3)42-25(34)21-41-17-16-40-15-14-39-13-12-38-11-10-37-9-8-36-7-6-35-5-4-33-20-22(19-30-33)23-18-24(28)31-32-26(23)29/h18-20H,4-17,21H2,1-3H3,(H2,29,32). The Hall–Kier alpha value is -2.43. The molecule has 2 aromatic rings. The molecule has 238 valence electrons. The fourth-order valence-electron chi connectivity index (χ4n) is 3.24. The molecule has 0 aromatic carbocycles. The van der Waals surface area contributed by atoms with Gasteiger partial charge in [-0.05, 0) is 26.8 Å². The van der Waals surface area contributed by atoms with Crippen molar-refractivity contribution in [3.05, 3.63) is 23.6 Å². The number of aromatic nitrogens is 4. The topological polar surface area (TPSA) is 161 Å². The molecule has 0 atom stereocenters. The third kappa shape index (κ3) is 17.5. The average molecular weight is 618 g/mol. The van der Waals surface area contributed by atoms with Crippen LogP contribution in [-0.4, -0.2) is 124 Å². The van der Waals surface area contributed by atoms with E-state index in [4.69, 9.17) is 55.2 Å². The van der Waals surface area contributed by atoms with Crippen molar-refractivity contribution in [3.63, 3.8) is 0 Å². The summed E-state index contributed by atoms with van der Waals surface area (Å²) in [6, 6.07) is 1.66. The highest BCUT2D eigenvalue weighted by Crippen LogP contribution is 2.25. The number of nitrogen functional groups attached to an aromatic ring is 1. The molecule has 0 radical (unpaired) electrons. The number of anilines is 1. The van der Waals surface area contributed by atoms with Crippen LogP contribution >= 0.6 is 11.6 Å². The summed E-state index contributed by atoms with van der Waals surface area (Å²) >= 11 is 5.90. The number of esters is 1. The van der Waals surface area contributed by atoms with Crippen LogP contribution in [0.2, 0.25) is 5.15 Å². The third-order valence-corrected chi connectivity index (χ3v) is 5.26. The van der Waals surface area contributed by atoms with Gasteiger partial charge in [0, 0.05) is 17.3 Å². The summed E-state index contributed by atoms with van der Waals surface area (Å²) in [7, 11) is 0. The Bertz CT molecular complexity index is 1010. The van der Waals surface area contributed by atoms with Gasteiger partial charge in [0.15, 0.2) is 11.0 Å². The van der Waals surface area contributed by atoms with Gasteiger partial charge in [-0.25, -0.2) is 4.79 Å². The minimum atomic E-state index is -0.513. The van der Waals surface area contributed by atoms with E-state index >= 15 is 0 Å². The molecule has 0 saturated carbocycles.